The Morgan fingerprint density at radius 3 is 2.53 bits per heavy atom. The number of rotatable bonds is 2. The number of nitrogens with one attached hydrogen (secondary N) is 1. The Morgan fingerprint density at radius 1 is 1.37 bits per heavy atom. The van der Waals surface area contributed by atoms with E-state index < -0.39 is 23.1 Å². The average molecular weight is 268 g/mol. The molecule has 1 aromatic carbocycles. The zero-order chi connectivity index (χ0) is 14.1. The molecule has 1 aliphatic rings. The first-order valence-electron chi connectivity index (χ1n) is 5.77. The molecule has 100 valence electrons. The molecule has 0 saturated heterocycles. The third-order valence-electron chi connectivity index (χ3n) is 3.30. The summed E-state index contributed by atoms with van der Waals surface area (Å²) in [6, 6.07) is 6.33. The second kappa shape index (κ2) is 4.57. The van der Waals surface area contributed by atoms with Crippen LogP contribution in [-0.2, 0) is 11.0 Å². The highest BCUT2D eigenvalue weighted by atomic mass is 19.4. The Hall–Kier alpha value is -2.03. The molecule has 0 spiro atoms. The fourth-order valence-corrected chi connectivity index (χ4v) is 1.94. The Morgan fingerprint density at radius 2 is 2.05 bits per heavy atom. The van der Waals surface area contributed by atoms with Crippen molar-refractivity contribution in [1.29, 1.82) is 5.26 Å². The summed E-state index contributed by atoms with van der Waals surface area (Å²) in [6.07, 6.45) is -2.77. The molecule has 0 bridgehead atoms. The lowest BCUT2D eigenvalue weighted by Gasteiger charge is -2.33. The number of benzene rings is 1. The average Bonchev–Trinajstić information content (AvgIpc) is 2.27. The molecule has 19 heavy (non-hydrogen) atoms. The fraction of sp³-hybridized carbons (Fsp3) is 0.385. The second-order valence-electron chi connectivity index (χ2n) is 4.58. The molecule has 0 heterocycles. The van der Waals surface area contributed by atoms with Crippen LogP contribution in [0.2, 0.25) is 0 Å². The van der Waals surface area contributed by atoms with Gasteiger partial charge in [0.25, 0.3) is 0 Å². The van der Waals surface area contributed by atoms with Gasteiger partial charge in [-0.1, -0.05) is 6.07 Å². The number of hydrogen-bond donors (Lipinski definition) is 1. The summed E-state index contributed by atoms with van der Waals surface area (Å²) in [5, 5.41) is 11.4. The van der Waals surface area contributed by atoms with Crippen LogP contribution in [-0.4, -0.2) is 5.91 Å². The third kappa shape index (κ3) is 2.55. The van der Waals surface area contributed by atoms with Gasteiger partial charge in [0.15, 0.2) is 0 Å². The lowest BCUT2D eigenvalue weighted by molar-refractivity contribution is -0.137. The van der Waals surface area contributed by atoms with Gasteiger partial charge in [0.05, 0.1) is 11.6 Å². The quantitative estimate of drug-likeness (QED) is 0.894. The van der Waals surface area contributed by atoms with Crippen LogP contribution < -0.4 is 5.32 Å². The van der Waals surface area contributed by atoms with Gasteiger partial charge in [-0.2, -0.15) is 18.4 Å². The van der Waals surface area contributed by atoms with E-state index in [4.69, 9.17) is 5.26 Å². The molecular weight excluding hydrogens is 257 g/mol. The minimum absolute atomic E-state index is 0.0568. The van der Waals surface area contributed by atoms with Crippen molar-refractivity contribution in [3.63, 3.8) is 0 Å². The molecule has 1 N–H and O–H groups in total. The summed E-state index contributed by atoms with van der Waals surface area (Å²) in [4.78, 5) is 11.9. The Bertz CT molecular complexity index is 542. The predicted molar refractivity (Wildman–Crippen MR) is 62.0 cm³/mol. The summed E-state index contributed by atoms with van der Waals surface area (Å²) in [6.45, 7) is 0. The molecule has 1 aromatic rings. The second-order valence-corrected chi connectivity index (χ2v) is 4.58. The van der Waals surface area contributed by atoms with Gasteiger partial charge in [-0.15, -0.1) is 0 Å². The summed E-state index contributed by atoms with van der Waals surface area (Å²) in [5.74, 6) is -0.527. The Kier molecular flexibility index (Phi) is 3.23. The van der Waals surface area contributed by atoms with E-state index in [0.717, 1.165) is 18.6 Å². The highest BCUT2D eigenvalue weighted by molar-refractivity contribution is 5.97. The molecule has 3 nitrogen and oxygen atoms in total. The van der Waals surface area contributed by atoms with Gasteiger partial charge in [0, 0.05) is 5.69 Å². The van der Waals surface area contributed by atoms with Gasteiger partial charge >= 0.3 is 6.18 Å². The predicted octanol–water partition coefficient (Wildman–Crippen LogP) is 3.34. The molecule has 1 amide bonds. The van der Waals surface area contributed by atoms with E-state index in [-0.39, 0.29) is 5.69 Å². The lowest BCUT2D eigenvalue weighted by Crippen LogP contribution is -2.40. The number of carbonyl (C=O) groups excluding carboxylic acids is 1. The van der Waals surface area contributed by atoms with Crippen molar-refractivity contribution in [3.05, 3.63) is 29.8 Å². The van der Waals surface area contributed by atoms with E-state index in [0.29, 0.717) is 12.8 Å². The van der Waals surface area contributed by atoms with E-state index in [2.05, 4.69) is 5.32 Å². The number of hydrogen-bond acceptors (Lipinski definition) is 2. The van der Waals surface area contributed by atoms with Crippen LogP contribution in [0.4, 0.5) is 18.9 Å². The van der Waals surface area contributed by atoms with E-state index in [1.807, 2.05) is 6.07 Å². The maximum absolute atomic E-state index is 12.5. The van der Waals surface area contributed by atoms with Gasteiger partial charge in [-0.3, -0.25) is 4.79 Å². The van der Waals surface area contributed by atoms with Gasteiger partial charge < -0.3 is 5.32 Å². The minimum Gasteiger partial charge on any atom is -0.325 e. The summed E-state index contributed by atoms with van der Waals surface area (Å²) >= 11 is 0. The first-order valence-corrected chi connectivity index (χ1v) is 5.77. The molecule has 0 aliphatic heterocycles. The molecule has 0 radical (unpaired) electrons. The molecule has 1 aliphatic carbocycles. The van der Waals surface area contributed by atoms with Gasteiger partial charge in [0.2, 0.25) is 5.91 Å². The van der Waals surface area contributed by atoms with Crippen LogP contribution in [0.5, 0.6) is 0 Å². The number of anilines is 1. The number of alkyl halides is 3. The Balaban J connectivity index is 2.16. The number of halogens is 3. The van der Waals surface area contributed by atoms with Crippen molar-refractivity contribution in [2.75, 3.05) is 5.32 Å². The number of amides is 1. The lowest BCUT2D eigenvalue weighted by atomic mass is 9.69. The number of carbonyl (C=O) groups is 1. The molecule has 6 heteroatoms. The highest BCUT2D eigenvalue weighted by Crippen LogP contribution is 2.41. The minimum atomic E-state index is -4.45. The molecular formula is C13H11F3N2O. The van der Waals surface area contributed by atoms with Crippen molar-refractivity contribution in [2.24, 2.45) is 5.41 Å². The van der Waals surface area contributed by atoms with Gasteiger partial charge in [-0.05, 0) is 37.5 Å². The first kappa shape index (κ1) is 13.4. The van der Waals surface area contributed by atoms with Crippen LogP contribution in [0.25, 0.3) is 0 Å². The largest absolute Gasteiger partial charge is 0.416 e. The molecule has 1 fully saturated rings. The number of nitrogens with zero attached hydrogens (tertiary/aromatic N) is 1. The van der Waals surface area contributed by atoms with Crippen molar-refractivity contribution in [1.82, 2.24) is 0 Å². The fourth-order valence-electron chi connectivity index (χ4n) is 1.94. The zero-order valence-electron chi connectivity index (χ0n) is 9.92. The van der Waals surface area contributed by atoms with Crippen molar-refractivity contribution in [2.45, 2.75) is 25.4 Å². The van der Waals surface area contributed by atoms with E-state index in [9.17, 15) is 18.0 Å². The molecule has 1 saturated carbocycles. The Labute approximate surface area is 108 Å². The molecule has 0 aromatic heterocycles. The van der Waals surface area contributed by atoms with E-state index >= 15 is 0 Å². The van der Waals surface area contributed by atoms with E-state index in [1.165, 1.54) is 12.1 Å². The number of nitriles is 1. The van der Waals surface area contributed by atoms with Gasteiger partial charge in [0.1, 0.15) is 5.41 Å². The summed E-state index contributed by atoms with van der Waals surface area (Å²) in [5.41, 5.74) is -1.85. The van der Waals surface area contributed by atoms with Crippen LogP contribution in [0, 0.1) is 16.7 Å². The molecule has 0 atom stereocenters. The molecule has 2 rings (SSSR count). The SMILES string of the molecule is N#CC1(C(=O)Nc2cccc(C(F)(F)F)c2)CCC1. The first-order chi connectivity index (χ1) is 8.87. The van der Waals surface area contributed by atoms with Crippen LogP contribution in [0.1, 0.15) is 24.8 Å². The van der Waals surface area contributed by atoms with Crippen LogP contribution >= 0.6 is 0 Å². The normalized spacial score (nSPS) is 17.2. The smallest absolute Gasteiger partial charge is 0.325 e. The van der Waals surface area contributed by atoms with E-state index in [1.54, 1.807) is 0 Å². The highest BCUT2D eigenvalue weighted by Gasteiger charge is 2.44. The summed E-state index contributed by atoms with van der Waals surface area (Å²) in [7, 11) is 0. The van der Waals surface area contributed by atoms with Crippen molar-refractivity contribution in [3.8, 4) is 6.07 Å². The third-order valence-corrected chi connectivity index (χ3v) is 3.30. The summed E-state index contributed by atoms with van der Waals surface area (Å²) < 4.78 is 37.6. The van der Waals surface area contributed by atoms with Crippen molar-refractivity contribution >= 4 is 11.6 Å². The molecule has 0 unspecified atom stereocenters. The van der Waals surface area contributed by atoms with Crippen molar-refractivity contribution < 1.29 is 18.0 Å². The monoisotopic (exact) mass is 268 g/mol. The zero-order valence-corrected chi connectivity index (χ0v) is 9.92. The standard InChI is InChI=1S/C13H11F3N2O/c14-13(15,16)9-3-1-4-10(7-9)18-11(19)12(8-17)5-2-6-12/h1,3-4,7H,2,5-6H2,(H,18,19). The van der Waals surface area contributed by atoms with Gasteiger partial charge in [-0.25, -0.2) is 0 Å². The maximum atomic E-state index is 12.5. The maximum Gasteiger partial charge on any atom is 0.416 e. The van der Waals surface area contributed by atoms with Crippen LogP contribution in [0.15, 0.2) is 24.3 Å². The van der Waals surface area contributed by atoms with Crippen LogP contribution in [0.3, 0.4) is 0 Å². The topological polar surface area (TPSA) is 52.9 Å².